The number of aliphatic hydroxyl groups is 1. The van der Waals surface area contributed by atoms with Crippen LogP contribution in [0, 0.1) is 10.1 Å². The minimum absolute atomic E-state index is 0.00100. The molecule has 2 aromatic carbocycles. The third-order valence-corrected chi connectivity index (χ3v) is 5.40. The number of nitrogens with zero attached hydrogens (tertiary/aromatic N) is 2. The number of para-hydroxylation sites is 1. The fourth-order valence-corrected chi connectivity index (χ4v) is 3.90. The van der Waals surface area contributed by atoms with Crippen molar-refractivity contribution in [2.45, 2.75) is 39.3 Å². The molecule has 3 rings (SSSR count). The third-order valence-electron chi connectivity index (χ3n) is 5.40. The highest BCUT2D eigenvalue weighted by atomic mass is 16.6. The van der Waals surface area contributed by atoms with E-state index >= 15 is 0 Å². The second kappa shape index (κ2) is 10.9. The van der Waals surface area contributed by atoms with Crippen molar-refractivity contribution in [3.8, 4) is 5.75 Å². The maximum absolute atomic E-state index is 13.1. The van der Waals surface area contributed by atoms with Crippen molar-refractivity contribution in [2.75, 3.05) is 19.8 Å². The Morgan fingerprint density at radius 1 is 1.15 bits per heavy atom. The van der Waals surface area contributed by atoms with Crippen LogP contribution in [0.3, 0.4) is 0 Å². The highest BCUT2D eigenvalue weighted by molar-refractivity contribution is 6.46. The van der Waals surface area contributed by atoms with Gasteiger partial charge in [-0.15, -0.1) is 0 Å². The topological polar surface area (TPSA) is 119 Å². The number of rotatable bonds is 10. The number of carbonyl (C=O) groups is 2. The lowest BCUT2D eigenvalue weighted by molar-refractivity contribution is -0.385. The molecule has 1 aliphatic heterocycles. The molecule has 2 aromatic rings. The fourth-order valence-electron chi connectivity index (χ4n) is 3.90. The molecule has 0 saturated carbocycles. The molecule has 1 amide bonds. The van der Waals surface area contributed by atoms with Gasteiger partial charge in [0, 0.05) is 24.8 Å². The van der Waals surface area contributed by atoms with Gasteiger partial charge in [0.05, 0.1) is 34.8 Å². The molecule has 1 N–H and O–H groups in total. The molecule has 1 fully saturated rings. The van der Waals surface area contributed by atoms with E-state index in [1.807, 2.05) is 20.8 Å². The monoisotopic (exact) mass is 468 g/mol. The zero-order valence-electron chi connectivity index (χ0n) is 19.4. The number of amides is 1. The third kappa shape index (κ3) is 5.26. The molecule has 180 valence electrons. The molecule has 1 aliphatic rings. The highest BCUT2D eigenvalue weighted by Crippen LogP contribution is 2.42. The first kappa shape index (κ1) is 24.9. The van der Waals surface area contributed by atoms with Crippen molar-refractivity contribution < 1.29 is 29.1 Å². The van der Waals surface area contributed by atoms with Gasteiger partial charge in [0.1, 0.15) is 11.5 Å². The van der Waals surface area contributed by atoms with Crippen molar-refractivity contribution in [3.05, 3.63) is 75.3 Å². The standard InChI is InChI=1S/C25H28N2O7/c1-4-33-18-12-10-17(11-13-18)23(28)21-22(19-8-5-6-9-20(19)27(31)32)26(25(30)24(21)29)14-7-15-34-16(2)3/h5-6,8-13,16,22,28H,4,7,14-15H2,1-3H3/b23-21+. The highest BCUT2D eigenvalue weighted by Gasteiger charge is 2.47. The number of benzene rings is 2. The predicted molar refractivity (Wildman–Crippen MR) is 125 cm³/mol. The van der Waals surface area contributed by atoms with Gasteiger partial charge in [-0.1, -0.05) is 12.1 Å². The van der Waals surface area contributed by atoms with E-state index in [0.717, 1.165) is 0 Å². The van der Waals surface area contributed by atoms with E-state index in [4.69, 9.17) is 9.47 Å². The van der Waals surface area contributed by atoms with E-state index in [1.165, 1.54) is 23.1 Å². The van der Waals surface area contributed by atoms with Crippen LogP contribution in [-0.4, -0.2) is 52.5 Å². The largest absolute Gasteiger partial charge is 0.507 e. The molecule has 0 aromatic heterocycles. The Labute approximate surface area is 197 Å². The summed E-state index contributed by atoms with van der Waals surface area (Å²) in [4.78, 5) is 38.5. The van der Waals surface area contributed by atoms with Gasteiger partial charge < -0.3 is 19.5 Å². The summed E-state index contributed by atoms with van der Waals surface area (Å²) in [5.41, 5.74) is 0.0285. The molecule has 34 heavy (non-hydrogen) atoms. The number of Topliss-reactive ketones (excluding diaryl/α,β-unsaturated/α-hetero) is 1. The molecule has 0 radical (unpaired) electrons. The van der Waals surface area contributed by atoms with E-state index in [2.05, 4.69) is 0 Å². The zero-order chi connectivity index (χ0) is 24.8. The van der Waals surface area contributed by atoms with Gasteiger partial charge in [0.25, 0.3) is 17.4 Å². The summed E-state index contributed by atoms with van der Waals surface area (Å²) in [6.07, 6.45) is 0.423. The molecule has 9 nitrogen and oxygen atoms in total. The number of likely N-dealkylation sites (tertiary alicyclic amines) is 1. The molecule has 1 heterocycles. The van der Waals surface area contributed by atoms with Crippen LogP contribution in [0.1, 0.15) is 44.4 Å². The summed E-state index contributed by atoms with van der Waals surface area (Å²) in [6.45, 7) is 6.56. The summed E-state index contributed by atoms with van der Waals surface area (Å²) >= 11 is 0. The molecule has 9 heteroatoms. The molecule has 1 saturated heterocycles. The van der Waals surface area contributed by atoms with Crippen LogP contribution in [0.25, 0.3) is 5.76 Å². The summed E-state index contributed by atoms with van der Waals surface area (Å²) in [7, 11) is 0. The van der Waals surface area contributed by atoms with E-state index in [-0.39, 0.29) is 29.5 Å². The number of hydrogen-bond donors (Lipinski definition) is 1. The number of carbonyl (C=O) groups excluding carboxylic acids is 2. The van der Waals surface area contributed by atoms with Gasteiger partial charge in [-0.3, -0.25) is 19.7 Å². The van der Waals surface area contributed by atoms with Crippen LogP contribution >= 0.6 is 0 Å². The second-order valence-electron chi connectivity index (χ2n) is 8.04. The SMILES string of the molecule is CCOc1ccc(/C(O)=C2\C(=O)C(=O)N(CCCOC(C)C)C2c2ccccc2[N+](=O)[O-])cc1. The number of nitro benzene ring substituents is 1. The van der Waals surface area contributed by atoms with E-state index in [0.29, 0.717) is 30.9 Å². The maximum Gasteiger partial charge on any atom is 0.295 e. The number of ether oxygens (including phenoxy) is 2. The maximum atomic E-state index is 13.1. The molecule has 0 aliphatic carbocycles. The lowest BCUT2D eigenvalue weighted by Gasteiger charge is -2.25. The van der Waals surface area contributed by atoms with Crippen LogP contribution in [0.5, 0.6) is 5.75 Å². The van der Waals surface area contributed by atoms with Crippen LogP contribution in [0.2, 0.25) is 0 Å². The van der Waals surface area contributed by atoms with Crippen molar-refractivity contribution in [1.29, 1.82) is 0 Å². The van der Waals surface area contributed by atoms with Crippen LogP contribution < -0.4 is 4.74 Å². The minimum atomic E-state index is -1.10. The Bertz CT molecular complexity index is 1090. The normalized spacial score (nSPS) is 17.4. The summed E-state index contributed by atoms with van der Waals surface area (Å²) in [6, 6.07) is 11.2. The van der Waals surface area contributed by atoms with Crippen LogP contribution in [0.4, 0.5) is 5.69 Å². The van der Waals surface area contributed by atoms with Crippen molar-refractivity contribution in [2.24, 2.45) is 0 Å². The van der Waals surface area contributed by atoms with Crippen molar-refractivity contribution in [1.82, 2.24) is 4.90 Å². The summed E-state index contributed by atoms with van der Waals surface area (Å²) < 4.78 is 10.9. The first-order chi connectivity index (χ1) is 16.3. The number of nitro groups is 1. The summed E-state index contributed by atoms with van der Waals surface area (Å²) in [5.74, 6) is -1.52. The predicted octanol–water partition coefficient (Wildman–Crippen LogP) is 4.23. The fraction of sp³-hybridized carbons (Fsp3) is 0.360. The Morgan fingerprint density at radius 3 is 2.44 bits per heavy atom. The van der Waals surface area contributed by atoms with Crippen molar-refractivity contribution in [3.63, 3.8) is 0 Å². The Balaban J connectivity index is 2.09. The van der Waals surface area contributed by atoms with Crippen molar-refractivity contribution >= 4 is 23.1 Å². The lowest BCUT2D eigenvalue weighted by atomic mass is 9.94. The average molecular weight is 469 g/mol. The molecule has 1 unspecified atom stereocenters. The van der Waals surface area contributed by atoms with E-state index in [9.17, 15) is 24.8 Å². The summed E-state index contributed by atoms with van der Waals surface area (Å²) in [5, 5.41) is 22.8. The van der Waals surface area contributed by atoms with E-state index in [1.54, 1.807) is 30.3 Å². The number of ketones is 1. The quantitative estimate of drug-likeness (QED) is 0.138. The van der Waals surface area contributed by atoms with Crippen LogP contribution in [-0.2, 0) is 14.3 Å². The minimum Gasteiger partial charge on any atom is -0.507 e. The zero-order valence-corrected chi connectivity index (χ0v) is 19.4. The lowest BCUT2D eigenvalue weighted by Crippen LogP contribution is -2.31. The molecular formula is C25H28N2O7. The second-order valence-corrected chi connectivity index (χ2v) is 8.04. The van der Waals surface area contributed by atoms with Gasteiger partial charge in [-0.25, -0.2) is 0 Å². The number of aliphatic hydroxyl groups excluding tert-OH is 1. The van der Waals surface area contributed by atoms with Gasteiger partial charge in [0.2, 0.25) is 0 Å². The van der Waals surface area contributed by atoms with Crippen LogP contribution in [0.15, 0.2) is 54.1 Å². The first-order valence-electron chi connectivity index (χ1n) is 11.1. The van der Waals surface area contributed by atoms with E-state index < -0.39 is 28.4 Å². The Morgan fingerprint density at radius 2 is 1.82 bits per heavy atom. The molecule has 0 bridgehead atoms. The molecule has 0 spiro atoms. The van der Waals surface area contributed by atoms with Gasteiger partial charge >= 0.3 is 0 Å². The van der Waals surface area contributed by atoms with Gasteiger partial charge in [-0.2, -0.15) is 0 Å². The average Bonchev–Trinajstić information content (AvgIpc) is 3.06. The van der Waals surface area contributed by atoms with Gasteiger partial charge in [0.15, 0.2) is 0 Å². The van der Waals surface area contributed by atoms with Gasteiger partial charge in [-0.05, 0) is 57.5 Å². The molecular weight excluding hydrogens is 440 g/mol. The molecule has 1 atom stereocenters. The smallest absolute Gasteiger partial charge is 0.295 e. The first-order valence-corrected chi connectivity index (χ1v) is 11.1. The number of hydrogen-bond acceptors (Lipinski definition) is 7. The Hall–Kier alpha value is -3.72. The Kier molecular flexibility index (Phi) is 8.01.